The van der Waals surface area contributed by atoms with Crippen LogP contribution in [0, 0.1) is 12.8 Å². The van der Waals surface area contributed by atoms with Crippen LogP contribution < -0.4 is 11.1 Å². The molecule has 1 amide bonds. The Labute approximate surface area is 124 Å². The molecule has 1 heterocycles. The summed E-state index contributed by atoms with van der Waals surface area (Å²) >= 11 is 0. The van der Waals surface area contributed by atoms with Gasteiger partial charge in [0.1, 0.15) is 5.69 Å². The zero-order chi connectivity index (χ0) is 14.6. The van der Waals surface area contributed by atoms with Crippen LogP contribution in [0.1, 0.15) is 48.3 Å². The number of aromatic nitrogens is 1. The van der Waals surface area contributed by atoms with Crippen molar-refractivity contribution in [1.29, 1.82) is 0 Å². The summed E-state index contributed by atoms with van der Waals surface area (Å²) in [7, 11) is 0. The average molecular weight is 283 g/mol. The highest BCUT2D eigenvalue weighted by Crippen LogP contribution is 2.56. The fourth-order valence-electron chi connectivity index (χ4n) is 4.27. The van der Waals surface area contributed by atoms with Gasteiger partial charge in [-0.3, -0.25) is 4.79 Å². The zero-order valence-electron chi connectivity index (χ0n) is 12.4. The van der Waals surface area contributed by atoms with Gasteiger partial charge in [-0.1, -0.05) is 17.2 Å². The number of nitrogens with zero attached hydrogens (tertiary/aromatic N) is 1. The minimum atomic E-state index is -0.139. The summed E-state index contributed by atoms with van der Waals surface area (Å²) in [6, 6.07) is 5.74. The van der Waals surface area contributed by atoms with Gasteiger partial charge in [-0.05, 0) is 57.1 Å². The molecule has 3 atom stereocenters. The molecule has 0 saturated heterocycles. The molecule has 4 nitrogen and oxygen atoms in total. The van der Waals surface area contributed by atoms with E-state index >= 15 is 0 Å². The number of carbonyl (C=O) groups is 1. The van der Waals surface area contributed by atoms with E-state index in [1.807, 2.05) is 19.1 Å². The number of fused-ring (bicyclic) bond motifs is 3. The number of rotatable bonds is 2. The first-order valence-electron chi connectivity index (χ1n) is 7.77. The van der Waals surface area contributed by atoms with Crippen molar-refractivity contribution < 1.29 is 4.79 Å². The van der Waals surface area contributed by atoms with Gasteiger partial charge in [0.05, 0.1) is 0 Å². The maximum Gasteiger partial charge on any atom is 0.270 e. The highest BCUT2D eigenvalue weighted by molar-refractivity contribution is 5.93. The number of pyridine rings is 1. The largest absolute Gasteiger partial charge is 0.345 e. The molecular weight excluding hydrogens is 262 g/mol. The summed E-state index contributed by atoms with van der Waals surface area (Å²) in [5.74, 6) is 0.642. The van der Waals surface area contributed by atoms with Gasteiger partial charge < -0.3 is 11.1 Å². The third kappa shape index (κ3) is 2.27. The van der Waals surface area contributed by atoms with Crippen molar-refractivity contribution in [3.05, 3.63) is 40.7 Å². The van der Waals surface area contributed by atoms with Gasteiger partial charge in [0, 0.05) is 17.3 Å². The molecule has 1 aromatic heterocycles. The van der Waals surface area contributed by atoms with E-state index in [2.05, 4.69) is 10.3 Å². The van der Waals surface area contributed by atoms with Crippen molar-refractivity contribution in [3.63, 3.8) is 0 Å². The number of amides is 1. The number of allylic oxidation sites excluding steroid dienone is 1. The second-order valence-corrected chi connectivity index (χ2v) is 6.98. The lowest BCUT2D eigenvalue weighted by molar-refractivity contribution is 0.0855. The van der Waals surface area contributed by atoms with Gasteiger partial charge in [0.15, 0.2) is 0 Å². The highest BCUT2D eigenvalue weighted by atomic mass is 16.2. The van der Waals surface area contributed by atoms with Crippen LogP contribution in [-0.4, -0.2) is 22.5 Å². The first-order valence-corrected chi connectivity index (χ1v) is 7.77. The van der Waals surface area contributed by atoms with E-state index in [0.29, 0.717) is 11.6 Å². The zero-order valence-corrected chi connectivity index (χ0v) is 12.4. The van der Waals surface area contributed by atoms with Gasteiger partial charge in [0.2, 0.25) is 0 Å². The topological polar surface area (TPSA) is 68.0 Å². The van der Waals surface area contributed by atoms with Crippen LogP contribution in [0.5, 0.6) is 0 Å². The van der Waals surface area contributed by atoms with E-state index in [1.165, 1.54) is 12.0 Å². The Balaban J connectivity index is 1.59. The molecule has 0 aliphatic heterocycles. The monoisotopic (exact) mass is 283 g/mol. The molecule has 2 bridgehead atoms. The van der Waals surface area contributed by atoms with Crippen molar-refractivity contribution >= 4 is 5.91 Å². The molecule has 3 unspecified atom stereocenters. The van der Waals surface area contributed by atoms with Crippen LogP contribution in [0.2, 0.25) is 0 Å². The second-order valence-electron chi connectivity index (χ2n) is 6.98. The minimum absolute atomic E-state index is 0.0590. The number of nitrogens with two attached hydrogens (primary N) is 1. The van der Waals surface area contributed by atoms with Crippen molar-refractivity contribution in [2.45, 2.75) is 50.6 Å². The van der Waals surface area contributed by atoms with E-state index in [4.69, 9.17) is 5.73 Å². The Morgan fingerprint density at radius 2 is 2.24 bits per heavy atom. The van der Waals surface area contributed by atoms with E-state index in [9.17, 15) is 4.79 Å². The maximum atomic E-state index is 12.6. The average Bonchev–Trinajstić information content (AvgIpc) is 3.16. The fraction of sp³-hybridized carbons (Fsp3) is 0.529. The number of hydrogen-bond acceptors (Lipinski definition) is 3. The Kier molecular flexibility index (Phi) is 2.73. The molecule has 4 rings (SSSR count). The molecule has 3 N–H and O–H groups in total. The van der Waals surface area contributed by atoms with Gasteiger partial charge in [-0.2, -0.15) is 0 Å². The SMILES string of the molecule is Cc1cccc(C(=O)NC23CC(=C4CC4C2)CC(N)C3)n1. The van der Waals surface area contributed by atoms with E-state index < -0.39 is 0 Å². The Hall–Kier alpha value is -1.68. The summed E-state index contributed by atoms with van der Waals surface area (Å²) in [6.07, 6.45) is 5.17. The highest BCUT2D eigenvalue weighted by Gasteiger charge is 2.50. The standard InChI is InChI=1S/C17H21N3O/c1-10-3-2-4-15(19-10)16(21)20-17-7-11(5-13(18)9-17)14-6-12(14)8-17/h2-4,12-13H,5-9,18H2,1H3,(H,20,21). The lowest BCUT2D eigenvalue weighted by atomic mass is 9.70. The van der Waals surface area contributed by atoms with E-state index in [1.54, 1.807) is 11.6 Å². The Morgan fingerprint density at radius 3 is 3.05 bits per heavy atom. The first kappa shape index (κ1) is 13.0. The number of carbonyl (C=O) groups excluding carboxylic acids is 1. The van der Waals surface area contributed by atoms with Crippen LogP contribution in [-0.2, 0) is 0 Å². The molecule has 0 spiro atoms. The number of nitrogens with one attached hydrogen (secondary N) is 1. The van der Waals surface area contributed by atoms with Crippen LogP contribution in [0.15, 0.2) is 29.3 Å². The lowest BCUT2D eigenvalue weighted by Crippen LogP contribution is -2.55. The molecule has 2 fully saturated rings. The van der Waals surface area contributed by atoms with Crippen LogP contribution in [0.3, 0.4) is 0 Å². The predicted octanol–water partition coefficient (Wildman–Crippen LogP) is 2.09. The molecule has 3 aliphatic carbocycles. The molecule has 2 saturated carbocycles. The third-order valence-electron chi connectivity index (χ3n) is 5.10. The summed E-state index contributed by atoms with van der Waals surface area (Å²) in [5.41, 5.74) is 10.6. The van der Waals surface area contributed by atoms with Gasteiger partial charge in [-0.15, -0.1) is 0 Å². The summed E-state index contributed by atoms with van der Waals surface area (Å²) in [5, 5.41) is 3.28. The van der Waals surface area contributed by atoms with E-state index in [-0.39, 0.29) is 17.5 Å². The minimum Gasteiger partial charge on any atom is -0.345 e. The normalized spacial score (nSPS) is 33.4. The van der Waals surface area contributed by atoms with Crippen molar-refractivity contribution in [2.24, 2.45) is 11.7 Å². The molecule has 3 aliphatic rings. The number of hydrogen-bond donors (Lipinski definition) is 2. The van der Waals surface area contributed by atoms with Crippen LogP contribution >= 0.6 is 0 Å². The molecule has 4 heteroatoms. The van der Waals surface area contributed by atoms with Crippen LogP contribution in [0.25, 0.3) is 0 Å². The Morgan fingerprint density at radius 1 is 1.38 bits per heavy atom. The molecular formula is C17H21N3O. The summed E-state index contributed by atoms with van der Waals surface area (Å²) in [4.78, 5) is 16.9. The first-order chi connectivity index (χ1) is 10.0. The summed E-state index contributed by atoms with van der Waals surface area (Å²) < 4.78 is 0. The quantitative estimate of drug-likeness (QED) is 0.817. The smallest absolute Gasteiger partial charge is 0.270 e. The predicted molar refractivity (Wildman–Crippen MR) is 80.7 cm³/mol. The van der Waals surface area contributed by atoms with Crippen molar-refractivity contribution in [2.75, 3.05) is 0 Å². The van der Waals surface area contributed by atoms with Crippen molar-refractivity contribution in [3.8, 4) is 0 Å². The second kappa shape index (κ2) is 4.41. The molecule has 110 valence electrons. The van der Waals surface area contributed by atoms with Gasteiger partial charge in [-0.25, -0.2) is 4.98 Å². The van der Waals surface area contributed by atoms with Gasteiger partial charge >= 0.3 is 0 Å². The van der Waals surface area contributed by atoms with E-state index in [0.717, 1.165) is 31.4 Å². The molecule has 0 aromatic carbocycles. The summed E-state index contributed by atoms with van der Waals surface area (Å²) in [6.45, 7) is 1.91. The maximum absolute atomic E-state index is 12.6. The molecule has 21 heavy (non-hydrogen) atoms. The third-order valence-corrected chi connectivity index (χ3v) is 5.10. The van der Waals surface area contributed by atoms with Gasteiger partial charge in [0.25, 0.3) is 5.91 Å². The van der Waals surface area contributed by atoms with Crippen molar-refractivity contribution in [1.82, 2.24) is 10.3 Å². The lowest BCUT2D eigenvalue weighted by Gasteiger charge is -2.44. The van der Waals surface area contributed by atoms with Crippen LogP contribution in [0.4, 0.5) is 0 Å². The number of aryl methyl sites for hydroxylation is 1. The molecule has 1 aromatic rings. The fourth-order valence-corrected chi connectivity index (χ4v) is 4.27. The molecule has 0 radical (unpaired) electrons. The Bertz CT molecular complexity index is 651.